The van der Waals surface area contributed by atoms with Crippen molar-refractivity contribution in [3.05, 3.63) is 56.2 Å². The lowest BCUT2D eigenvalue weighted by Gasteiger charge is -2.09. The number of nitrogens with zero attached hydrogens (tertiary/aromatic N) is 2. The van der Waals surface area contributed by atoms with Crippen molar-refractivity contribution in [3.8, 4) is 5.88 Å². The topological polar surface area (TPSA) is 88.0 Å². The number of aromatic hydroxyl groups is 1. The van der Waals surface area contributed by atoms with Gasteiger partial charge in [0.1, 0.15) is 0 Å². The predicted molar refractivity (Wildman–Crippen MR) is 61.0 cm³/mol. The Morgan fingerprint density at radius 3 is 2.89 bits per heavy atom. The number of aromatic amines is 1. The van der Waals surface area contributed by atoms with Gasteiger partial charge < -0.3 is 5.11 Å². The van der Waals surface area contributed by atoms with E-state index in [1.54, 1.807) is 24.0 Å². The van der Waals surface area contributed by atoms with E-state index in [0.29, 0.717) is 10.3 Å². The standard InChI is InChI=1S/C11H10FN3O3/c1-6-3-2-4-13-7(6)5-15-10(17)8(12)9(16)14-11(15)18/h2-4,17H,5H2,1H3,(H,14,16,18). The molecule has 2 rings (SSSR count). The Morgan fingerprint density at radius 1 is 1.50 bits per heavy atom. The first-order chi connectivity index (χ1) is 8.50. The lowest BCUT2D eigenvalue weighted by Crippen LogP contribution is -2.32. The molecule has 2 aromatic heterocycles. The van der Waals surface area contributed by atoms with Gasteiger partial charge in [0.25, 0.3) is 5.56 Å². The van der Waals surface area contributed by atoms with E-state index in [9.17, 15) is 19.1 Å². The summed E-state index contributed by atoms with van der Waals surface area (Å²) in [6, 6.07) is 3.49. The molecule has 0 fully saturated rings. The number of pyridine rings is 1. The molecule has 0 unspecified atom stereocenters. The third-order valence-electron chi connectivity index (χ3n) is 2.54. The van der Waals surface area contributed by atoms with Gasteiger partial charge in [0.15, 0.2) is 0 Å². The van der Waals surface area contributed by atoms with Crippen LogP contribution in [0.15, 0.2) is 27.9 Å². The average molecular weight is 251 g/mol. The van der Waals surface area contributed by atoms with Crippen LogP contribution in [0.25, 0.3) is 0 Å². The van der Waals surface area contributed by atoms with E-state index in [0.717, 1.165) is 5.56 Å². The van der Waals surface area contributed by atoms with Crippen molar-refractivity contribution >= 4 is 0 Å². The number of H-pyrrole nitrogens is 1. The van der Waals surface area contributed by atoms with Gasteiger partial charge in [0.2, 0.25) is 11.7 Å². The van der Waals surface area contributed by atoms with Gasteiger partial charge in [-0.25, -0.2) is 4.79 Å². The van der Waals surface area contributed by atoms with Gasteiger partial charge in [-0.2, -0.15) is 4.39 Å². The molecule has 0 bridgehead atoms. The molecule has 2 heterocycles. The Bertz CT molecular complexity index is 705. The number of halogens is 1. The van der Waals surface area contributed by atoms with Crippen LogP contribution in [0.4, 0.5) is 4.39 Å². The normalized spacial score (nSPS) is 10.6. The fraction of sp³-hybridized carbons (Fsp3) is 0.182. The summed E-state index contributed by atoms with van der Waals surface area (Å²) < 4.78 is 13.9. The molecule has 0 aromatic carbocycles. The van der Waals surface area contributed by atoms with Crippen LogP contribution in [0.2, 0.25) is 0 Å². The zero-order valence-electron chi connectivity index (χ0n) is 9.48. The SMILES string of the molecule is Cc1cccnc1Cn1c(O)c(F)c(=O)[nH]c1=O. The molecule has 7 heteroatoms. The monoisotopic (exact) mass is 251 g/mol. The van der Waals surface area contributed by atoms with Crippen molar-refractivity contribution in [2.24, 2.45) is 0 Å². The van der Waals surface area contributed by atoms with E-state index in [1.807, 2.05) is 0 Å². The van der Waals surface area contributed by atoms with E-state index < -0.39 is 22.9 Å². The van der Waals surface area contributed by atoms with Crippen molar-refractivity contribution in [2.45, 2.75) is 13.5 Å². The molecule has 0 aliphatic heterocycles. The minimum atomic E-state index is -1.39. The van der Waals surface area contributed by atoms with Crippen molar-refractivity contribution in [2.75, 3.05) is 0 Å². The number of hydrogen-bond acceptors (Lipinski definition) is 4. The summed E-state index contributed by atoms with van der Waals surface area (Å²) in [5, 5.41) is 9.45. The number of hydrogen-bond donors (Lipinski definition) is 2. The lowest BCUT2D eigenvalue weighted by atomic mass is 10.2. The summed E-state index contributed by atoms with van der Waals surface area (Å²) in [6.45, 7) is 1.65. The van der Waals surface area contributed by atoms with Crippen molar-refractivity contribution in [1.29, 1.82) is 0 Å². The summed E-state index contributed by atoms with van der Waals surface area (Å²) in [4.78, 5) is 28.2. The molecule has 94 valence electrons. The maximum absolute atomic E-state index is 13.2. The minimum absolute atomic E-state index is 0.120. The fourth-order valence-electron chi connectivity index (χ4n) is 1.52. The molecule has 0 amide bonds. The minimum Gasteiger partial charge on any atom is -0.492 e. The Balaban J connectivity index is 2.55. The van der Waals surface area contributed by atoms with E-state index in [-0.39, 0.29) is 6.54 Å². The average Bonchev–Trinajstić information content (AvgIpc) is 2.34. The van der Waals surface area contributed by atoms with Crippen molar-refractivity contribution in [3.63, 3.8) is 0 Å². The van der Waals surface area contributed by atoms with Gasteiger partial charge in [-0.3, -0.25) is 19.3 Å². The second kappa shape index (κ2) is 4.44. The molecule has 0 aliphatic carbocycles. The maximum atomic E-state index is 13.2. The quantitative estimate of drug-likeness (QED) is 0.794. The van der Waals surface area contributed by atoms with Gasteiger partial charge in [-0.05, 0) is 18.6 Å². The number of aromatic nitrogens is 3. The third kappa shape index (κ3) is 2.02. The number of nitrogens with one attached hydrogen (secondary N) is 1. The summed E-state index contributed by atoms with van der Waals surface area (Å²) in [6.07, 6.45) is 1.52. The molecule has 0 saturated carbocycles. The van der Waals surface area contributed by atoms with Crippen LogP contribution in [0.5, 0.6) is 5.88 Å². The van der Waals surface area contributed by atoms with Gasteiger partial charge >= 0.3 is 5.69 Å². The largest absolute Gasteiger partial charge is 0.492 e. The highest BCUT2D eigenvalue weighted by atomic mass is 19.1. The van der Waals surface area contributed by atoms with Crippen molar-refractivity contribution < 1.29 is 9.50 Å². The van der Waals surface area contributed by atoms with E-state index in [2.05, 4.69) is 4.98 Å². The lowest BCUT2D eigenvalue weighted by molar-refractivity contribution is 0.366. The first-order valence-corrected chi connectivity index (χ1v) is 5.12. The molecular weight excluding hydrogens is 241 g/mol. The van der Waals surface area contributed by atoms with Gasteiger partial charge in [0, 0.05) is 6.20 Å². The molecule has 6 nitrogen and oxygen atoms in total. The Kier molecular flexibility index (Phi) is 2.97. The Labute approximate surface area is 100 Å². The van der Waals surface area contributed by atoms with Crippen LogP contribution in [0, 0.1) is 12.7 Å². The summed E-state index contributed by atoms with van der Waals surface area (Å²) >= 11 is 0. The molecule has 0 saturated heterocycles. The van der Waals surface area contributed by atoms with E-state index >= 15 is 0 Å². The van der Waals surface area contributed by atoms with Crippen molar-refractivity contribution in [1.82, 2.24) is 14.5 Å². The summed E-state index contributed by atoms with van der Waals surface area (Å²) in [5.41, 5.74) is -0.841. The van der Waals surface area contributed by atoms with Crippen LogP contribution < -0.4 is 11.2 Å². The van der Waals surface area contributed by atoms with Crippen LogP contribution >= 0.6 is 0 Å². The van der Waals surface area contributed by atoms with Crippen LogP contribution in [-0.4, -0.2) is 19.6 Å². The molecular formula is C11H10FN3O3. The molecule has 2 N–H and O–H groups in total. The molecule has 0 atom stereocenters. The number of aryl methyl sites for hydroxylation is 1. The fourth-order valence-corrected chi connectivity index (χ4v) is 1.52. The number of rotatable bonds is 2. The first-order valence-electron chi connectivity index (χ1n) is 5.12. The second-order valence-electron chi connectivity index (χ2n) is 3.75. The van der Waals surface area contributed by atoms with Crippen LogP contribution in [0.1, 0.15) is 11.3 Å². The molecule has 0 radical (unpaired) electrons. The second-order valence-corrected chi connectivity index (χ2v) is 3.75. The highest BCUT2D eigenvalue weighted by molar-refractivity contribution is 5.20. The van der Waals surface area contributed by atoms with E-state index in [1.165, 1.54) is 6.20 Å². The van der Waals surface area contributed by atoms with Gasteiger partial charge in [-0.15, -0.1) is 0 Å². The predicted octanol–water partition coefficient (Wildman–Crippen LogP) is 0.133. The third-order valence-corrected chi connectivity index (χ3v) is 2.54. The van der Waals surface area contributed by atoms with Gasteiger partial charge in [-0.1, -0.05) is 6.07 Å². The summed E-state index contributed by atoms with van der Waals surface area (Å²) in [5.74, 6) is -2.38. The first kappa shape index (κ1) is 12.0. The van der Waals surface area contributed by atoms with Crippen LogP contribution in [-0.2, 0) is 6.54 Å². The zero-order chi connectivity index (χ0) is 13.3. The Morgan fingerprint density at radius 2 is 2.22 bits per heavy atom. The molecule has 0 aliphatic rings. The smallest absolute Gasteiger partial charge is 0.331 e. The molecule has 18 heavy (non-hydrogen) atoms. The van der Waals surface area contributed by atoms with E-state index in [4.69, 9.17) is 0 Å². The summed E-state index contributed by atoms with van der Waals surface area (Å²) in [7, 11) is 0. The zero-order valence-corrected chi connectivity index (χ0v) is 9.48. The van der Waals surface area contributed by atoms with Gasteiger partial charge in [0.05, 0.1) is 12.2 Å². The molecule has 0 spiro atoms. The highest BCUT2D eigenvalue weighted by Crippen LogP contribution is 2.11. The highest BCUT2D eigenvalue weighted by Gasteiger charge is 2.14. The van der Waals surface area contributed by atoms with Crippen LogP contribution in [0.3, 0.4) is 0 Å². The maximum Gasteiger partial charge on any atom is 0.331 e. The molecule has 2 aromatic rings. The Hall–Kier alpha value is -2.44.